The largest absolute Gasteiger partial charge is 0.448 e. The van der Waals surface area contributed by atoms with Crippen LogP contribution < -0.4 is 0 Å². The number of allylic oxidation sites excluding steroid dienone is 1. The van der Waals surface area contributed by atoms with Crippen molar-refractivity contribution >= 4 is 6.09 Å². The molecule has 1 amide bonds. The highest BCUT2D eigenvalue weighted by Gasteiger charge is 2.48. The number of rotatable bonds is 5. The average Bonchev–Trinajstić information content (AvgIpc) is 3.14. The van der Waals surface area contributed by atoms with Gasteiger partial charge in [0, 0.05) is 12.3 Å². The van der Waals surface area contributed by atoms with Crippen LogP contribution in [0.25, 0.3) is 11.1 Å². The van der Waals surface area contributed by atoms with Gasteiger partial charge in [0.05, 0.1) is 30.9 Å². The molecule has 1 aliphatic carbocycles. The van der Waals surface area contributed by atoms with Crippen LogP contribution in [-0.2, 0) is 9.47 Å². The first-order valence-electron chi connectivity index (χ1n) is 11.5. The van der Waals surface area contributed by atoms with Crippen LogP contribution >= 0.6 is 0 Å². The first kappa shape index (κ1) is 22.9. The fourth-order valence-corrected chi connectivity index (χ4v) is 5.68. The maximum absolute atomic E-state index is 13.3. The first-order valence-corrected chi connectivity index (χ1v) is 11.5. The zero-order chi connectivity index (χ0) is 23.9. The maximum atomic E-state index is 13.3. The van der Waals surface area contributed by atoms with Gasteiger partial charge in [-0.05, 0) is 41.5 Å². The summed E-state index contributed by atoms with van der Waals surface area (Å²) < 4.78 is 49.6. The van der Waals surface area contributed by atoms with Crippen molar-refractivity contribution in [1.29, 1.82) is 0 Å². The molecule has 34 heavy (non-hydrogen) atoms. The third-order valence-corrected chi connectivity index (χ3v) is 7.20. The fraction of sp³-hybridized carbons (Fsp3) is 0.423. The third-order valence-electron chi connectivity index (χ3n) is 7.20. The Morgan fingerprint density at radius 3 is 2.12 bits per heavy atom. The molecule has 2 unspecified atom stereocenters. The van der Waals surface area contributed by atoms with Crippen LogP contribution in [0, 0.1) is 0 Å². The fourth-order valence-electron chi connectivity index (χ4n) is 5.68. The summed E-state index contributed by atoms with van der Waals surface area (Å²) in [5.74, 6) is -1.58. The molecule has 2 heterocycles. The second kappa shape index (κ2) is 9.07. The molecule has 2 aliphatic heterocycles. The maximum Gasteiger partial charge on any atom is 0.410 e. The van der Waals surface area contributed by atoms with Crippen molar-refractivity contribution in [3.63, 3.8) is 0 Å². The highest BCUT2D eigenvalue weighted by Crippen LogP contribution is 2.45. The summed E-state index contributed by atoms with van der Waals surface area (Å²) in [5, 5.41) is 11.0. The summed E-state index contributed by atoms with van der Waals surface area (Å²) in [4.78, 5) is 14.8. The Kier molecular flexibility index (Phi) is 6.12. The van der Waals surface area contributed by atoms with Crippen LogP contribution in [0.4, 0.5) is 18.0 Å². The number of hydrogen-bond donors (Lipinski definition) is 1. The van der Waals surface area contributed by atoms with Crippen LogP contribution in [0.5, 0.6) is 0 Å². The first-order chi connectivity index (χ1) is 16.4. The molecule has 0 saturated carbocycles. The van der Waals surface area contributed by atoms with Gasteiger partial charge in [-0.25, -0.2) is 9.18 Å². The molecule has 180 valence electrons. The van der Waals surface area contributed by atoms with Crippen LogP contribution in [0.3, 0.4) is 0 Å². The van der Waals surface area contributed by atoms with E-state index in [0.29, 0.717) is 0 Å². The number of hydrogen-bond acceptors (Lipinski definition) is 4. The van der Waals surface area contributed by atoms with E-state index in [1.165, 1.54) is 0 Å². The lowest BCUT2D eigenvalue weighted by molar-refractivity contribution is -0.135. The number of morpholine rings is 1. The van der Waals surface area contributed by atoms with E-state index in [0.717, 1.165) is 22.3 Å². The number of benzene rings is 2. The molecule has 2 aromatic carbocycles. The summed E-state index contributed by atoms with van der Waals surface area (Å²) in [6.07, 6.45) is -3.28. The van der Waals surface area contributed by atoms with Gasteiger partial charge in [-0.1, -0.05) is 48.5 Å². The van der Waals surface area contributed by atoms with Gasteiger partial charge in [0.2, 0.25) is 0 Å². The van der Waals surface area contributed by atoms with Crippen LogP contribution in [-0.4, -0.2) is 53.6 Å². The minimum Gasteiger partial charge on any atom is -0.448 e. The highest BCUT2D eigenvalue weighted by atomic mass is 19.3. The lowest BCUT2D eigenvalue weighted by Crippen LogP contribution is -2.63. The minimum absolute atomic E-state index is 0.0699. The molecule has 0 radical (unpaired) electrons. The summed E-state index contributed by atoms with van der Waals surface area (Å²) in [5.41, 5.74) is 3.16. The third kappa shape index (κ3) is 4.20. The summed E-state index contributed by atoms with van der Waals surface area (Å²) >= 11 is 0. The Morgan fingerprint density at radius 1 is 1.00 bits per heavy atom. The molecule has 2 fully saturated rings. The van der Waals surface area contributed by atoms with Gasteiger partial charge in [-0.15, -0.1) is 0 Å². The molecular formula is C26H26F3NO4. The van der Waals surface area contributed by atoms with Crippen molar-refractivity contribution in [2.24, 2.45) is 0 Å². The average molecular weight is 473 g/mol. The molecule has 0 aromatic heterocycles. The summed E-state index contributed by atoms with van der Waals surface area (Å²) in [6, 6.07) is 15.2. The van der Waals surface area contributed by atoms with Crippen molar-refractivity contribution in [1.82, 2.24) is 4.90 Å². The Labute approximate surface area is 195 Å². The number of piperidine rings is 1. The van der Waals surface area contributed by atoms with E-state index in [1.54, 1.807) is 4.90 Å². The SMILES string of the molecule is O=C(OCC1c2ccccc2-c2ccccc21)N1C2COCC1CC(O)(CCC(F)=C(F)F)C2. The van der Waals surface area contributed by atoms with Crippen molar-refractivity contribution < 1.29 is 32.5 Å². The lowest BCUT2D eigenvalue weighted by Gasteiger charge is -2.51. The van der Waals surface area contributed by atoms with Crippen molar-refractivity contribution in [2.75, 3.05) is 19.8 Å². The van der Waals surface area contributed by atoms with E-state index >= 15 is 0 Å². The van der Waals surface area contributed by atoms with Crippen LogP contribution in [0.15, 0.2) is 60.4 Å². The summed E-state index contributed by atoms with van der Waals surface area (Å²) in [6.45, 7) is 0.595. The predicted molar refractivity (Wildman–Crippen MR) is 119 cm³/mol. The summed E-state index contributed by atoms with van der Waals surface area (Å²) in [7, 11) is 0. The molecule has 2 bridgehead atoms. The molecule has 8 heteroatoms. The van der Waals surface area contributed by atoms with Gasteiger partial charge < -0.3 is 14.6 Å². The topological polar surface area (TPSA) is 59.0 Å². The number of amides is 1. The second-order valence-electron chi connectivity index (χ2n) is 9.35. The van der Waals surface area contributed by atoms with Crippen molar-refractivity contribution in [2.45, 2.75) is 49.3 Å². The number of halogens is 3. The van der Waals surface area contributed by atoms with Crippen molar-refractivity contribution in [3.8, 4) is 11.1 Å². The minimum atomic E-state index is -2.36. The molecule has 5 nitrogen and oxygen atoms in total. The van der Waals surface area contributed by atoms with Gasteiger partial charge in [0.15, 0.2) is 5.83 Å². The zero-order valence-corrected chi connectivity index (χ0v) is 18.6. The highest BCUT2D eigenvalue weighted by molar-refractivity contribution is 5.79. The molecule has 0 spiro atoms. The number of fused-ring (bicyclic) bond motifs is 5. The van der Waals surface area contributed by atoms with Crippen LogP contribution in [0.2, 0.25) is 0 Å². The second-order valence-corrected chi connectivity index (χ2v) is 9.35. The molecule has 2 saturated heterocycles. The van der Waals surface area contributed by atoms with Crippen molar-refractivity contribution in [3.05, 3.63) is 71.6 Å². The van der Waals surface area contributed by atoms with E-state index in [1.807, 2.05) is 36.4 Å². The van der Waals surface area contributed by atoms with E-state index in [2.05, 4.69) is 12.1 Å². The van der Waals surface area contributed by atoms with E-state index in [9.17, 15) is 23.1 Å². The molecule has 5 rings (SSSR count). The predicted octanol–water partition coefficient (Wildman–Crippen LogP) is 5.39. The lowest BCUT2D eigenvalue weighted by atomic mass is 9.78. The molecule has 3 aliphatic rings. The Balaban J connectivity index is 1.28. The standard InChI is InChI=1S/C26H26F3NO4/c27-23(24(28)29)9-10-26(32)11-16-13-33-14-17(12-26)30(16)25(31)34-15-22-20-7-3-1-5-18(20)19-6-2-4-8-21(19)22/h1-8,16-17,22,32H,9-15H2. The molecular weight excluding hydrogens is 447 g/mol. The smallest absolute Gasteiger partial charge is 0.410 e. The molecule has 2 atom stereocenters. The molecule has 2 aromatic rings. The van der Waals surface area contributed by atoms with E-state index in [-0.39, 0.29) is 45.0 Å². The number of ether oxygens (including phenoxy) is 2. The van der Waals surface area contributed by atoms with E-state index < -0.39 is 42.1 Å². The monoisotopic (exact) mass is 473 g/mol. The van der Waals surface area contributed by atoms with E-state index in [4.69, 9.17) is 9.47 Å². The van der Waals surface area contributed by atoms with Gasteiger partial charge >= 0.3 is 12.2 Å². The number of carbonyl (C=O) groups is 1. The van der Waals surface area contributed by atoms with Gasteiger partial charge in [0.1, 0.15) is 6.61 Å². The Morgan fingerprint density at radius 2 is 1.56 bits per heavy atom. The van der Waals surface area contributed by atoms with Gasteiger partial charge in [0.25, 0.3) is 0 Å². The molecule has 1 N–H and O–H groups in total. The number of nitrogens with zero attached hydrogens (tertiary/aromatic N) is 1. The zero-order valence-electron chi connectivity index (χ0n) is 18.6. The Bertz CT molecular complexity index is 1060. The number of carbonyl (C=O) groups excluding carboxylic acids is 1. The Hall–Kier alpha value is -2.84. The van der Waals surface area contributed by atoms with Gasteiger partial charge in [-0.3, -0.25) is 4.90 Å². The number of aliphatic hydroxyl groups is 1. The van der Waals surface area contributed by atoms with Gasteiger partial charge in [-0.2, -0.15) is 8.78 Å². The quantitative estimate of drug-likeness (QED) is 0.633. The normalized spacial score (nSPS) is 25.5. The van der Waals surface area contributed by atoms with Crippen LogP contribution in [0.1, 0.15) is 42.7 Å².